The van der Waals surface area contributed by atoms with Gasteiger partial charge < -0.3 is 19.9 Å². The van der Waals surface area contributed by atoms with Gasteiger partial charge in [-0.3, -0.25) is 4.99 Å². The molecule has 1 saturated heterocycles. The molecule has 1 aliphatic carbocycles. The molecule has 4 rings (SSSR count). The van der Waals surface area contributed by atoms with Crippen LogP contribution >= 0.6 is 24.0 Å². The first-order valence-corrected chi connectivity index (χ1v) is 10.4. The summed E-state index contributed by atoms with van der Waals surface area (Å²) in [5.41, 5.74) is 2.64. The number of nitrogens with one attached hydrogen (secondary N) is 1. The molecule has 2 aliphatic heterocycles. The fourth-order valence-corrected chi connectivity index (χ4v) is 4.33. The number of hydrogen-bond acceptors (Lipinski definition) is 5. The van der Waals surface area contributed by atoms with Crippen LogP contribution in [-0.2, 0) is 10.2 Å². The number of halogens is 1. The van der Waals surface area contributed by atoms with Gasteiger partial charge in [-0.25, -0.2) is 4.79 Å². The number of hydrogen-bond donors (Lipinski definition) is 1. The van der Waals surface area contributed by atoms with Gasteiger partial charge in [-0.2, -0.15) is 0 Å². The lowest BCUT2D eigenvalue weighted by atomic mass is 9.92. The Hall–Kier alpha value is -1.51. The van der Waals surface area contributed by atoms with Crippen molar-refractivity contribution in [3.05, 3.63) is 35.4 Å². The quantitative estimate of drug-likeness (QED) is 0.630. The van der Waals surface area contributed by atoms with Crippen molar-refractivity contribution in [3.8, 4) is 0 Å². The largest absolute Gasteiger partial charge is 0.444 e. The van der Waals surface area contributed by atoms with E-state index >= 15 is 0 Å². The van der Waals surface area contributed by atoms with Gasteiger partial charge >= 0.3 is 6.09 Å². The molecule has 1 saturated carbocycles. The first-order valence-electron chi connectivity index (χ1n) is 10.4. The zero-order valence-electron chi connectivity index (χ0n) is 17.9. The van der Waals surface area contributed by atoms with Crippen molar-refractivity contribution in [2.75, 3.05) is 32.7 Å². The second kappa shape index (κ2) is 8.32. The second-order valence-electron chi connectivity index (χ2n) is 9.39. The molecular weight excluding hydrogens is 479 g/mol. The minimum Gasteiger partial charge on any atom is -0.444 e. The minimum atomic E-state index is -0.457. The smallest absolute Gasteiger partial charge is 0.410 e. The van der Waals surface area contributed by atoms with Crippen LogP contribution in [0.2, 0.25) is 0 Å². The van der Waals surface area contributed by atoms with E-state index in [4.69, 9.17) is 9.73 Å². The van der Waals surface area contributed by atoms with Crippen LogP contribution in [0.1, 0.15) is 44.7 Å². The van der Waals surface area contributed by atoms with Gasteiger partial charge in [0.05, 0.1) is 12.6 Å². The van der Waals surface area contributed by atoms with Gasteiger partial charge in [0.1, 0.15) is 5.60 Å². The van der Waals surface area contributed by atoms with E-state index in [0.717, 1.165) is 25.6 Å². The topological polar surface area (TPSA) is 57.2 Å². The Morgan fingerprint density at radius 2 is 2.00 bits per heavy atom. The number of fused-ring (bicyclic) bond motifs is 1. The third kappa shape index (κ3) is 4.81. The summed E-state index contributed by atoms with van der Waals surface area (Å²) in [6, 6.07) is 8.97. The normalized spacial score (nSPS) is 22.3. The van der Waals surface area contributed by atoms with Crippen LogP contribution in [0.25, 0.3) is 0 Å². The van der Waals surface area contributed by atoms with E-state index in [-0.39, 0.29) is 41.5 Å². The van der Waals surface area contributed by atoms with E-state index in [1.165, 1.54) is 24.0 Å². The number of piperazine rings is 1. The maximum atomic E-state index is 12.4. The molecule has 29 heavy (non-hydrogen) atoms. The highest BCUT2D eigenvalue weighted by Crippen LogP contribution is 2.48. The van der Waals surface area contributed by atoms with Gasteiger partial charge in [-0.15, -0.1) is 24.0 Å². The molecule has 1 amide bonds. The van der Waals surface area contributed by atoms with Gasteiger partial charge in [-0.1, -0.05) is 24.3 Å². The summed E-state index contributed by atoms with van der Waals surface area (Å²) >= 11 is 0. The van der Waals surface area contributed by atoms with E-state index in [0.29, 0.717) is 13.1 Å². The molecule has 6 nitrogen and oxygen atoms in total. The molecule has 2 heterocycles. The first kappa shape index (κ1) is 22.2. The van der Waals surface area contributed by atoms with E-state index < -0.39 is 5.60 Å². The van der Waals surface area contributed by atoms with Crippen LogP contribution < -0.4 is 5.32 Å². The summed E-state index contributed by atoms with van der Waals surface area (Å²) in [6.07, 6.45) is 2.24. The summed E-state index contributed by atoms with van der Waals surface area (Å²) in [5, 5.41) is 3.63. The summed E-state index contributed by atoms with van der Waals surface area (Å²) in [6.45, 7) is 11.7. The van der Waals surface area contributed by atoms with Crippen molar-refractivity contribution in [1.82, 2.24) is 15.1 Å². The number of carbonyl (C=O) groups excluding carboxylic acids is 1. The average molecular weight is 512 g/mol. The second-order valence-corrected chi connectivity index (χ2v) is 9.39. The van der Waals surface area contributed by atoms with E-state index in [9.17, 15) is 4.79 Å². The number of ether oxygens (including phenoxy) is 1. The molecular formula is C22H33IN4O2. The van der Waals surface area contributed by atoms with Crippen LogP contribution in [0.15, 0.2) is 29.3 Å². The highest BCUT2D eigenvalue weighted by molar-refractivity contribution is 14.0. The Kier molecular flexibility index (Phi) is 6.36. The molecule has 1 atom stereocenters. The van der Waals surface area contributed by atoms with Gasteiger partial charge in [0.25, 0.3) is 0 Å². The van der Waals surface area contributed by atoms with Crippen molar-refractivity contribution in [3.63, 3.8) is 0 Å². The molecule has 0 spiro atoms. The molecule has 0 aromatic heterocycles. The summed E-state index contributed by atoms with van der Waals surface area (Å²) in [7, 11) is 0. The summed E-state index contributed by atoms with van der Waals surface area (Å²) < 4.78 is 5.53. The predicted octanol–water partition coefficient (Wildman–Crippen LogP) is 3.53. The number of aliphatic imine (C=N–C) groups is 1. The molecule has 1 aromatic rings. The molecule has 1 N–H and O–H groups in total. The lowest BCUT2D eigenvalue weighted by molar-refractivity contribution is 0.0137. The van der Waals surface area contributed by atoms with Gasteiger partial charge in [-0.05, 0) is 51.7 Å². The van der Waals surface area contributed by atoms with Crippen molar-refractivity contribution in [2.24, 2.45) is 4.99 Å². The van der Waals surface area contributed by atoms with Crippen LogP contribution in [0.5, 0.6) is 0 Å². The van der Waals surface area contributed by atoms with Crippen molar-refractivity contribution in [1.29, 1.82) is 0 Å². The molecule has 1 aromatic carbocycles. The lowest BCUT2D eigenvalue weighted by Gasteiger charge is -2.39. The maximum Gasteiger partial charge on any atom is 0.410 e. The fourth-order valence-electron chi connectivity index (χ4n) is 4.33. The Bertz CT molecular complexity index is 785. The molecule has 7 heteroatoms. The van der Waals surface area contributed by atoms with Gasteiger partial charge in [0, 0.05) is 31.6 Å². The summed E-state index contributed by atoms with van der Waals surface area (Å²) in [5.74, 6) is 0.994. The van der Waals surface area contributed by atoms with Crippen LogP contribution in [-0.4, -0.2) is 66.2 Å². The summed E-state index contributed by atoms with van der Waals surface area (Å²) in [4.78, 5) is 21.3. The number of amides is 1. The predicted molar refractivity (Wildman–Crippen MR) is 126 cm³/mol. The van der Waals surface area contributed by atoms with Crippen LogP contribution in [0.3, 0.4) is 0 Å². The Morgan fingerprint density at radius 3 is 2.66 bits per heavy atom. The van der Waals surface area contributed by atoms with E-state index in [2.05, 4.69) is 41.4 Å². The highest BCUT2D eigenvalue weighted by atomic mass is 127. The number of carbonyl (C=O) groups is 1. The molecule has 0 radical (unpaired) electrons. The number of nitrogens with zero attached hydrogens (tertiary/aromatic N) is 3. The number of benzene rings is 1. The number of aryl methyl sites for hydroxylation is 1. The average Bonchev–Trinajstić information content (AvgIpc) is 3.31. The number of rotatable bonds is 3. The van der Waals surface area contributed by atoms with Crippen LogP contribution in [0, 0.1) is 6.92 Å². The SMILES string of the molecule is Cc1ccccc1C1(CNC2=NCC3CN(C(=O)OC(C)(C)C)CCN23)CC1.I. The standard InChI is InChI=1S/C22H32N4O2.HI/c1-16-7-5-6-8-18(16)22(9-10-22)15-24-19-23-13-17-14-25(11-12-26(17)19)20(27)28-21(2,3)4;/h5-8,17H,9-15H2,1-4H3,(H,23,24);1H. The number of guanidine groups is 1. The van der Waals surface area contributed by atoms with E-state index in [1.54, 1.807) is 0 Å². The van der Waals surface area contributed by atoms with Crippen molar-refractivity contribution >= 4 is 36.0 Å². The molecule has 2 fully saturated rings. The maximum absolute atomic E-state index is 12.4. The van der Waals surface area contributed by atoms with Crippen molar-refractivity contribution in [2.45, 2.75) is 57.6 Å². The zero-order valence-corrected chi connectivity index (χ0v) is 20.2. The van der Waals surface area contributed by atoms with Crippen molar-refractivity contribution < 1.29 is 9.53 Å². The molecule has 0 bridgehead atoms. The first-order chi connectivity index (χ1) is 13.3. The van der Waals surface area contributed by atoms with E-state index in [1.807, 2.05) is 25.7 Å². The minimum absolute atomic E-state index is 0. The van der Waals surface area contributed by atoms with Gasteiger partial charge in [0.2, 0.25) is 0 Å². The monoisotopic (exact) mass is 512 g/mol. The third-order valence-corrected chi connectivity index (χ3v) is 6.01. The zero-order chi connectivity index (χ0) is 19.9. The molecule has 160 valence electrons. The molecule has 3 aliphatic rings. The fraction of sp³-hybridized carbons (Fsp3) is 0.636. The third-order valence-electron chi connectivity index (χ3n) is 6.01. The molecule has 1 unspecified atom stereocenters. The Morgan fingerprint density at radius 1 is 1.28 bits per heavy atom. The Labute approximate surface area is 191 Å². The van der Waals surface area contributed by atoms with Gasteiger partial charge in [0.15, 0.2) is 5.96 Å². The van der Waals surface area contributed by atoms with Crippen LogP contribution in [0.4, 0.5) is 4.79 Å². The highest BCUT2D eigenvalue weighted by Gasteiger charge is 2.46. The Balaban J connectivity index is 0.00000240. The lowest BCUT2D eigenvalue weighted by Crippen LogP contribution is -2.58.